The molecule has 1 heterocycles. The number of benzene rings is 1. The first-order valence-electron chi connectivity index (χ1n) is 4.91. The van der Waals surface area contributed by atoms with Crippen molar-refractivity contribution in [3.63, 3.8) is 0 Å². The van der Waals surface area contributed by atoms with Gasteiger partial charge >= 0.3 is 5.52 Å². The average molecular weight is 253 g/mol. The van der Waals surface area contributed by atoms with Gasteiger partial charge in [-0.05, 0) is 0 Å². The fourth-order valence-electron chi connectivity index (χ4n) is 1.77. The first-order chi connectivity index (χ1) is 8.52. The number of fused-ring (bicyclic) bond motifs is 1. The number of aromatic nitrogens is 2. The molecule has 0 aliphatic heterocycles. The minimum atomic E-state index is -0.316. The van der Waals surface area contributed by atoms with E-state index in [0.717, 1.165) is 6.20 Å². The van der Waals surface area contributed by atoms with Crippen molar-refractivity contribution in [2.24, 2.45) is 0 Å². The second kappa shape index (κ2) is 3.99. The van der Waals surface area contributed by atoms with Crippen LogP contribution >= 0.6 is 0 Å². The summed E-state index contributed by atoms with van der Waals surface area (Å²) < 4.78 is 9.95. The zero-order chi connectivity index (χ0) is 13.4. The van der Waals surface area contributed by atoms with E-state index in [1.807, 2.05) is 0 Å². The molecule has 0 radical (unpaired) electrons. The van der Waals surface area contributed by atoms with Gasteiger partial charge in [-0.1, -0.05) is 0 Å². The molecule has 2 aromatic rings. The molecule has 0 amide bonds. The summed E-state index contributed by atoms with van der Waals surface area (Å²) >= 11 is 0. The minimum Gasteiger partial charge on any atom is -0.561 e. The zero-order valence-corrected chi connectivity index (χ0v) is 9.71. The Balaban J connectivity index is 3.02. The molecule has 0 aliphatic carbocycles. The summed E-state index contributed by atoms with van der Waals surface area (Å²) in [5.74, 6) is -0.312. The molecule has 0 bridgehead atoms. The summed E-state index contributed by atoms with van der Waals surface area (Å²) in [7, 11) is 2.63. The Bertz CT molecular complexity index is 629. The lowest BCUT2D eigenvalue weighted by Gasteiger charge is -2.13. The van der Waals surface area contributed by atoms with E-state index < -0.39 is 0 Å². The van der Waals surface area contributed by atoms with E-state index >= 15 is 0 Å². The Kier molecular flexibility index (Phi) is 2.62. The highest BCUT2D eigenvalue weighted by Crippen LogP contribution is 2.46. The Hall–Kier alpha value is -2.64. The van der Waals surface area contributed by atoms with Gasteiger partial charge in [-0.25, -0.2) is 0 Å². The number of nitrogens with zero attached hydrogens (tertiary/aromatic N) is 2. The van der Waals surface area contributed by atoms with Crippen LogP contribution in [-0.2, 0) is 0 Å². The first-order valence-corrected chi connectivity index (χ1v) is 4.91. The number of methoxy groups -OCH3 is 2. The van der Waals surface area contributed by atoms with Gasteiger partial charge in [0.2, 0.25) is 5.75 Å². The SMILES string of the molecule is COc1c(OC)c(N)c2c(cc[n+]([O-])[n+]2[O-])c1O. The molecule has 1 aromatic carbocycles. The summed E-state index contributed by atoms with van der Waals surface area (Å²) in [5, 5.41) is 32.9. The summed E-state index contributed by atoms with van der Waals surface area (Å²) in [6.07, 6.45) is 0.959. The highest BCUT2D eigenvalue weighted by Gasteiger charge is 2.27. The van der Waals surface area contributed by atoms with Crippen LogP contribution in [0.25, 0.3) is 10.9 Å². The van der Waals surface area contributed by atoms with Crippen LogP contribution in [0, 0.1) is 10.4 Å². The van der Waals surface area contributed by atoms with Gasteiger partial charge < -0.3 is 30.7 Å². The fraction of sp³-hybridized carbons (Fsp3) is 0.200. The molecule has 96 valence electrons. The van der Waals surface area contributed by atoms with Gasteiger partial charge in [0.15, 0.2) is 17.2 Å². The molecule has 8 heteroatoms. The van der Waals surface area contributed by atoms with E-state index in [1.54, 1.807) is 0 Å². The van der Waals surface area contributed by atoms with Gasteiger partial charge in [0.1, 0.15) is 5.39 Å². The number of phenols is 1. The number of nitrogen functional groups attached to an aromatic ring is 1. The third kappa shape index (κ3) is 1.39. The minimum absolute atomic E-state index is 0.00157. The summed E-state index contributed by atoms with van der Waals surface area (Å²) in [6, 6.07) is 1.27. The molecule has 8 nitrogen and oxygen atoms in total. The Morgan fingerprint density at radius 2 is 1.83 bits per heavy atom. The molecule has 0 aliphatic rings. The van der Waals surface area contributed by atoms with E-state index in [2.05, 4.69) is 0 Å². The number of anilines is 1. The number of phenolic OH excluding ortho intramolecular Hbond substituents is 1. The van der Waals surface area contributed by atoms with Crippen LogP contribution in [0.4, 0.5) is 5.69 Å². The summed E-state index contributed by atoms with van der Waals surface area (Å²) in [6.45, 7) is 0. The van der Waals surface area contributed by atoms with Crippen LogP contribution in [-0.4, -0.2) is 19.3 Å². The van der Waals surface area contributed by atoms with Crippen molar-refractivity contribution < 1.29 is 24.3 Å². The predicted octanol–water partition coefficient (Wildman–Crippen LogP) is -0.588. The van der Waals surface area contributed by atoms with E-state index in [1.165, 1.54) is 20.3 Å². The quantitative estimate of drug-likeness (QED) is 0.319. The van der Waals surface area contributed by atoms with Crippen molar-refractivity contribution in [3.8, 4) is 17.2 Å². The maximum atomic E-state index is 11.6. The standard InChI is InChI=1S/C10H11N3O5/c1-17-9-6(11)7-5(8(14)10(9)18-2)3-4-12(15)13(7)16/h3-4,14H,11H2,1-2H3. The second-order valence-electron chi connectivity index (χ2n) is 3.48. The largest absolute Gasteiger partial charge is 0.561 e. The Labute approximate surface area is 102 Å². The fourth-order valence-corrected chi connectivity index (χ4v) is 1.77. The third-order valence-electron chi connectivity index (χ3n) is 2.58. The monoisotopic (exact) mass is 253 g/mol. The van der Waals surface area contributed by atoms with Gasteiger partial charge in [0, 0.05) is 6.07 Å². The lowest BCUT2D eigenvalue weighted by atomic mass is 10.1. The van der Waals surface area contributed by atoms with Crippen molar-refractivity contribution in [2.75, 3.05) is 20.0 Å². The smallest absolute Gasteiger partial charge is 0.325 e. The zero-order valence-electron chi connectivity index (χ0n) is 9.71. The lowest BCUT2D eigenvalue weighted by Crippen LogP contribution is -2.60. The van der Waals surface area contributed by atoms with Crippen molar-refractivity contribution in [3.05, 3.63) is 22.7 Å². The molecule has 0 saturated heterocycles. The molecule has 0 spiro atoms. The van der Waals surface area contributed by atoms with Crippen LogP contribution in [0.3, 0.4) is 0 Å². The Morgan fingerprint density at radius 3 is 2.39 bits per heavy atom. The van der Waals surface area contributed by atoms with E-state index in [-0.39, 0.29) is 43.5 Å². The molecular weight excluding hydrogens is 242 g/mol. The number of nitrogens with two attached hydrogens (primary N) is 1. The van der Waals surface area contributed by atoms with E-state index in [9.17, 15) is 15.5 Å². The van der Waals surface area contributed by atoms with Gasteiger partial charge in [-0.15, -0.1) is 0 Å². The van der Waals surface area contributed by atoms with E-state index in [4.69, 9.17) is 15.2 Å². The molecule has 0 atom stereocenters. The normalized spacial score (nSPS) is 10.6. The average Bonchev–Trinajstić information content (AvgIpc) is 2.36. The molecule has 1 aromatic heterocycles. The summed E-state index contributed by atoms with van der Waals surface area (Å²) in [4.78, 5) is 0.0659. The number of hydrogen-bond acceptors (Lipinski definition) is 6. The number of rotatable bonds is 2. The van der Waals surface area contributed by atoms with Gasteiger partial charge in [0.05, 0.1) is 23.9 Å². The molecule has 3 N–H and O–H groups in total. The van der Waals surface area contributed by atoms with Gasteiger partial charge in [-0.2, -0.15) is 0 Å². The first kappa shape index (κ1) is 11.8. The lowest BCUT2D eigenvalue weighted by molar-refractivity contribution is -1.18. The third-order valence-corrected chi connectivity index (χ3v) is 2.58. The highest BCUT2D eigenvalue weighted by molar-refractivity contribution is 5.97. The number of hydrogen-bond donors (Lipinski definition) is 2. The number of aromatic hydroxyl groups is 1. The van der Waals surface area contributed by atoms with Crippen LogP contribution in [0.5, 0.6) is 17.2 Å². The molecule has 0 unspecified atom stereocenters. The molecule has 0 saturated carbocycles. The van der Waals surface area contributed by atoms with Crippen LogP contribution in [0.1, 0.15) is 0 Å². The molecule has 0 fully saturated rings. The van der Waals surface area contributed by atoms with Crippen molar-refractivity contribution >= 4 is 16.6 Å². The highest BCUT2D eigenvalue weighted by atomic mass is 16.6. The van der Waals surface area contributed by atoms with Crippen LogP contribution in [0.2, 0.25) is 0 Å². The van der Waals surface area contributed by atoms with Crippen molar-refractivity contribution in [1.82, 2.24) is 0 Å². The topological polar surface area (TPSA) is 119 Å². The van der Waals surface area contributed by atoms with E-state index in [0.29, 0.717) is 0 Å². The van der Waals surface area contributed by atoms with Crippen molar-refractivity contribution in [1.29, 1.82) is 0 Å². The maximum Gasteiger partial charge on any atom is 0.325 e. The predicted molar refractivity (Wildman–Crippen MR) is 61.0 cm³/mol. The maximum absolute atomic E-state index is 11.6. The second-order valence-corrected chi connectivity index (χ2v) is 3.48. The summed E-state index contributed by atoms with van der Waals surface area (Å²) in [5.41, 5.74) is 5.50. The molecule has 18 heavy (non-hydrogen) atoms. The van der Waals surface area contributed by atoms with Gasteiger partial charge in [-0.3, -0.25) is 0 Å². The van der Waals surface area contributed by atoms with Gasteiger partial charge in [0.25, 0.3) is 6.20 Å². The number of ether oxygens (including phenoxy) is 2. The molecule has 2 rings (SSSR count). The van der Waals surface area contributed by atoms with Crippen LogP contribution < -0.4 is 24.9 Å². The Morgan fingerprint density at radius 1 is 1.22 bits per heavy atom. The van der Waals surface area contributed by atoms with Crippen LogP contribution in [0.15, 0.2) is 12.3 Å². The molecular formula is C10H11N3O5. The van der Waals surface area contributed by atoms with Crippen molar-refractivity contribution in [2.45, 2.75) is 0 Å².